The number of nitrogens with one attached hydrogen (secondary N) is 1. The molecule has 3 nitrogen and oxygen atoms in total. The summed E-state index contributed by atoms with van der Waals surface area (Å²) in [7, 11) is 0. The van der Waals surface area contributed by atoms with E-state index in [0.717, 1.165) is 44.5 Å². The molecule has 0 spiro atoms. The molecule has 0 aromatic heterocycles. The van der Waals surface area contributed by atoms with Gasteiger partial charge >= 0.3 is 0 Å². The topological polar surface area (TPSA) is 32.3 Å². The number of carbonyl (C=O) groups excluding carboxylic acids is 1. The normalized spacial score (nSPS) is 16.7. The summed E-state index contributed by atoms with van der Waals surface area (Å²) in [6.07, 6.45) is 3.60. The van der Waals surface area contributed by atoms with E-state index in [1.807, 2.05) is 17.0 Å². The zero-order valence-corrected chi connectivity index (χ0v) is 12.1. The van der Waals surface area contributed by atoms with E-state index in [1.54, 1.807) is 0 Å². The number of amides is 1. The molecular formula is C16H23FN2O. The van der Waals surface area contributed by atoms with Crippen molar-refractivity contribution in [1.82, 2.24) is 10.2 Å². The van der Waals surface area contributed by atoms with Crippen LogP contribution in [0.25, 0.3) is 0 Å². The standard InChI is InChI=1S/C16H23FN2O/c1-13(12-14-5-7-15(17)8-6-14)18-9-3-11-19-10-2-4-16(19)20/h5-8,13,18H,2-4,9-12H2,1H3/t13-/m0/s1. The number of rotatable bonds is 7. The summed E-state index contributed by atoms with van der Waals surface area (Å²) in [5, 5.41) is 3.45. The van der Waals surface area contributed by atoms with Crippen LogP contribution in [0, 0.1) is 5.82 Å². The second-order valence-electron chi connectivity index (χ2n) is 5.52. The first kappa shape index (κ1) is 15.0. The Hall–Kier alpha value is -1.42. The van der Waals surface area contributed by atoms with Crippen LogP contribution in [0.3, 0.4) is 0 Å². The molecule has 1 aliphatic rings. The molecule has 0 unspecified atom stereocenters. The van der Waals surface area contributed by atoms with Gasteiger partial charge in [0.2, 0.25) is 5.91 Å². The number of nitrogens with zero attached hydrogens (tertiary/aromatic N) is 1. The average molecular weight is 278 g/mol. The summed E-state index contributed by atoms with van der Waals surface area (Å²) in [5.41, 5.74) is 1.14. The number of hydrogen-bond donors (Lipinski definition) is 1. The number of halogens is 1. The van der Waals surface area contributed by atoms with Crippen molar-refractivity contribution in [2.45, 2.75) is 38.6 Å². The minimum absolute atomic E-state index is 0.190. The highest BCUT2D eigenvalue weighted by Gasteiger charge is 2.18. The van der Waals surface area contributed by atoms with E-state index in [4.69, 9.17) is 0 Å². The Morgan fingerprint density at radius 1 is 1.35 bits per heavy atom. The van der Waals surface area contributed by atoms with E-state index < -0.39 is 0 Å². The van der Waals surface area contributed by atoms with E-state index >= 15 is 0 Å². The second-order valence-corrected chi connectivity index (χ2v) is 5.52. The minimum atomic E-state index is -0.190. The SMILES string of the molecule is C[C@@H](Cc1ccc(F)cc1)NCCCN1CCCC1=O. The lowest BCUT2D eigenvalue weighted by Gasteiger charge is -2.17. The monoisotopic (exact) mass is 278 g/mol. The molecule has 110 valence electrons. The maximum Gasteiger partial charge on any atom is 0.222 e. The first-order valence-electron chi connectivity index (χ1n) is 7.41. The van der Waals surface area contributed by atoms with Crippen molar-refractivity contribution in [1.29, 1.82) is 0 Å². The summed E-state index contributed by atoms with van der Waals surface area (Å²) in [4.78, 5) is 13.4. The number of carbonyl (C=O) groups is 1. The fraction of sp³-hybridized carbons (Fsp3) is 0.562. The summed E-state index contributed by atoms with van der Waals surface area (Å²) >= 11 is 0. The third-order valence-electron chi connectivity index (χ3n) is 3.72. The van der Waals surface area contributed by atoms with E-state index in [-0.39, 0.29) is 5.82 Å². The Balaban J connectivity index is 1.61. The van der Waals surface area contributed by atoms with Crippen molar-refractivity contribution in [2.24, 2.45) is 0 Å². The van der Waals surface area contributed by atoms with Crippen LogP contribution in [0.1, 0.15) is 31.7 Å². The van der Waals surface area contributed by atoms with E-state index in [9.17, 15) is 9.18 Å². The highest BCUT2D eigenvalue weighted by Crippen LogP contribution is 2.09. The van der Waals surface area contributed by atoms with Gasteiger partial charge in [-0.1, -0.05) is 12.1 Å². The fourth-order valence-electron chi connectivity index (χ4n) is 2.61. The van der Waals surface area contributed by atoms with Gasteiger partial charge < -0.3 is 10.2 Å². The fourth-order valence-corrected chi connectivity index (χ4v) is 2.61. The Morgan fingerprint density at radius 3 is 2.75 bits per heavy atom. The molecule has 1 amide bonds. The Bertz CT molecular complexity index is 433. The van der Waals surface area contributed by atoms with Gasteiger partial charge in [0.15, 0.2) is 0 Å². The molecule has 1 N–H and O–H groups in total. The molecule has 20 heavy (non-hydrogen) atoms. The van der Waals surface area contributed by atoms with Crippen LogP contribution in [0.4, 0.5) is 4.39 Å². The zero-order chi connectivity index (χ0) is 14.4. The Kier molecular flexibility index (Phi) is 5.53. The van der Waals surface area contributed by atoms with Gasteiger partial charge in [0.1, 0.15) is 5.82 Å². The van der Waals surface area contributed by atoms with E-state index in [2.05, 4.69) is 12.2 Å². The molecule has 1 aromatic rings. The highest BCUT2D eigenvalue weighted by atomic mass is 19.1. The predicted molar refractivity (Wildman–Crippen MR) is 78.0 cm³/mol. The molecule has 1 aromatic carbocycles. The predicted octanol–water partition coefficient (Wildman–Crippen LogP) is 2.36. The first-order chi connectivity index (χ1) is 9.65. The van der Waals surface area contributed by atoms with Crippen molar-refractivity contribution in [2.75, 3.05) is 19.6 Å². The lowest BCUT2D eigenvalue weighted by atomic mass is 10.1. The third kappa shape index (κ3) is 4.60. The molecule has 0 radical (unpaired) electrons. The smallest absolute Gasteiger partial charge is 0.222 e. The van der Waals surface area contributed by atoms with Crippen molar-refractivity contribution < 1.29 is 9.18 Å². The van der Waals surface area contributed by atoms with Crippen molar-refractivity contribution in [3.05, 3.63) is 35.6 Å². The maximum atomic E-state index is 12.8. The van der Waals surface area contributed by atoms with Gasteiger partial charge in [-0.15, -0.1) is 0 Å². The largest absolute Gasteiger partial charge is 0.343 e. The van der Waals surface area contributed by atoms with Gasteiger partial charge in [-0.2, -0.15) is 0 Å². The molecule has 0 aliphatic carbocycles. The summed E-state index contributed by atoms with van der Waals surface area (Å²) < 4.78 is 12.8. The quantitative estimate of drug-likeness (QED) is 0.777. The van der Waals surface area contributed by atoms with Crippen molar-refractivity contribution >= 4 is 5.91 Å². The van der Waals surface area contributed by atoms with Gasteiger partial charge in [-0.25, -0.2) is 4.39 Å². The van der Waals surface area contributed by atoms with Crippen LogP contribution in [0.15, 0.2) is 24.3 Å². The van der Waals surface area contributed by atoms with Gasteiger partial charge in [-0.05, 0) is 50.4 Å². The molecule has 1 atom stereocenters. The molecule has 2 rings (SSSR count). The van der Waals surface area contributed by atoms with Crippen LogP contribution < -0.4 is 5.32 Å². The molecular weight excluding hydrogens is 255 g/mol. The molecule has 0 saturated carbocycles. The van der Waals surface area contributed by atoms with Crippen LogP contribution in [-0.2, 0) is 11.2 Å². The van der Waals surface area contributed by atoms with E-state index in [1.165, 1.54) is 12.1 Å². The van der Waals surface area contributed by atoms with Gasteiger partial charge in [0, 0.05) is 25.6 Å². The summed E-state index contributed by atoms with van der Waals surface area (Å²) in [6, 6.07) is 7.02. The number of benzene rings is 1. The Labute approximate surface area is 120 Å². The molecule has 4 heteroatoms. The first-order valence-corrected chi connectivity index (χ1v) is 7.41. The van der Waals surface area contributed by atoms with Gasteiger partial charge in [0.05, 0.1) is 0 Å². The lowest BCUT2D eigenvalue weighted by molar-refractivity contribution is -0.127. The molecule has 1 fully saturated rings. The minimum Gasteiger partial charge on any atom is -0.343 e. The summed E-state index contributed by atoms with van der Waals surface area (Å²) in [6.45, 7) is 4.82. The Morgan fingerprint density at radius 2 is 2.10 bits per heavy atom. The van der Waals surface area contributed by atoms with Crippen LogP contribution in [0.5, 0.6) is 0 Å². The molecule has 1 heterocycles. The van der Waals surface area contributed by atoms with Crippen LogP contribution in [0.2, 0.25) is 0 Å². The second kappa shape index (κ2) is 7.39. The molecule has 1 aliphatic heterocycles. The van der Waals surface area contributed by atoms with Crippen LogP contribution in [-0.4, -0.2) is 36.5 Å². The van der Waals surface area contributed by atoms with Gasteiger partial charge in [0.25, 0.3) is 0 Å². The maximum absolute atomic E-state index is 12.8. The van der Waals surface area contributed by atoms with Crippen LogP contribution >= 0.6 is 0 Å². The highest BCUT2D eigenvalue weighted by molar-refractivity contribution is 5.77. The zero-order valence-electron chi connectivity index (χ0n) is 12.1. The molecule has 0 bridgehead atoms. The third-order valence-corrected chi connectivity index (χ3v) is 3.72. The lowest BCUT2D eigenvalue weighted by Crippen LogP contribution is -2.32. The van der Waals surface area contributed by atoms with E-state index in [0.29, 0.717) is 18.4 Å². The number of hydrogen-bond acceptors (Lipinski definition) is 2. The van der Waals surface area contributed by atoms with Crippen molar-refractivity contribution in [3.63, 3.8) is 0 Å². The van der Waals surface area contributed by atoms with Crippen molar-refractivity contribution in [3.8, 4) is 0 Å². The average Bonchev–Trinajstić information content (AvgIpc) is 2.83. The van der Waals surface area contributed by atoms with Gasteiger partial charge in [-0.3, -0.25) is 4.79 Å². The molecule has 1 saturated heterocycles. The number of likely N-dealkylation sites (tertiary alicyclic amines) is 1. The summed E-state index contributed by atoms with van der Waals surface area (Å²) in [5.74, 6) is 0.106.